The van der Waals surface area contributed by atoms with Gasteiger partial charge in [-0.3, -0.25) is 0 Å². The average Bonchev–Trinajstić information content (AvgIpc) is 2.25. The Bertz CT molecular complexity index is 322. The highest BCUT2D eigenvalue weighted by Crippen LogP contribution is 2.15. The SMILES string of the molecule is Cc1ccc(C(O)/C=C/CCC(C)C)cc1. The van der Waals surface area contributed by atoms with E-state index in [1.54, 1.807) is 0 Å². The molecular weight excluding hydrogens is 196 g/mol. The number of aryl methyl sites for hydroxylation is 1. The second kappa shape index (κ2) is 6.49. The summed E-state index contributed by atoms with van der Waals surface area (Å²) in [6.45, 7) is 6.48. The fourth-order valence-corrected chi connectivity index (χ4v) is 1.53. The lowest BCUT2D eigenvalue weighted by Crippen LogP contribution is -1.93. The highest BCUT2D eigenvalue weighted by molar-refractivity contribution is 5.25. The molecule has 1 aromatic carbocycles. The first-order chi connectivity index (χ1) is 7.59. The van der Waals surface area contributed by atoms with Crippen molar-refractivity contribution in [1.29, 1.82) is 0 Å². The van der Waals surface area contributed by atoms with Gasteiger partial charge in [0.2, 0.25) is 0 Å². The number of aliphatic hydroxyl groups excluding tert-OH is 1. The third-order valence-electron chi connectivity index (χ3n) is 2.65. The second-order valence-corrected chi connectivity index (χ2v) is 4.75. The van der Waals surface area contributed by atoms with E-state index < -0.39 is 6.10 Å². The summed E-state index contributed by atoms with van der Waals surface area (Å²) in [5.74, 6) is 0.723. The van der Waals surface area contributed by atoms with E-state index in [1.807, 2.05) is 30.3 Å². The van der Waals surface area contributed by atoms with Crippen LogP contribution in [0.3, 0.4) is 0 Å². The van der Waals surface area contributed by atoms with Crippen molar-refractivity contribution in [2.75, 3.05) is 0 Å². The van der Waals surface area contributed by atoms with Crippen LogP contribution in [0.5, 0.6) is 0 Å². The maximum atomic E-state index is 9.89. The minimum Gasteiger partial charge on any atom is -0.384 e. The molecule has 1 heteroatoms. The molecule has 0 aliphatic carbocycles. The highest BCUT2D eigenvalue weighted by atomic mass is 16.3. The highest BCUT2D eigenvalue weighted by Gasteiger charge is 2.01. The molecule has 1 unspecified atom stereocenters. The Labute approximate surface area is 98.8 Å². The molecule has 0 spiro atoms. The molecule has 0 aliphatic rings. The van der Waals surface area contributed by atoms with Crippen molar-refractivity contribution in [3.8, 4) is 0 Å². The predicted molar refractivity (Wildman–Crippen MR) is 69.4 cm³/mol. The summed E-state index contributed by atoms with van der Waals surface area (Å²) in [7, 11) is 0. The zero-order valence-electron chi connectivity index (χ0n) is 10.5. The summed E-state index contributed by atoms with van der Waals surface area (Å²) in [6, 6.07) is 8.01. The van der Waals surface area contributed by atoms with Crippen LogP contribution in [0, 0.1) is 12.8 Å². The molecule has 0 amide bonds. The van der Waals surface area contributed by atoms with Crippen molar-refractivity contribution in [2.45, 2.75) is 39.7 Å². The van der Waals surface area contributed by atoms with Crippen molar-refractivity contribution in [3.05, 3.63) is 47.5 Å². The van der Waals surface area contributed by atoms with Crippen LogP contribution in [0.2, 0.25) is 0 Å². The van der Waals surface area contributed by atoms with Gasteiger partial charge in [0.05, 0.1) is 6.10 Å². The van der Waals surface area contributed by atoms with Crippen molar-refractivity contribution in [3.63, 3.8) is 0 Å². The van der Waals surface area contributed by atoms with Crippen LogP contribution in [-0.4, -0.2) is 5.11 Å². The molecule has 1 N–H and O–H groups in total. The molecule has 0 saturated carbocycles. The summed E-state index contributed by atoms with van der Waals surface area (Å²) in [5.41, 5.74) is 2.19. The Morgan fingerprint density at radius 2 is 1.81 bits per heavy atom. The molecule has 0 saturated heterocycles. The van der Waals surface area contributed by atoms with Crippen molar-refractivity contribution in [2.24, 2.45) is 5.92 Å². The number of hydrogen-bond acceptors (Lipinski definition) is 1. The smallest absolute Gasteiger partial charge is 0.0971 e. The first-order valence-electron chi connectivity index (χ1n) is 6.01. The number of hydrogen-bond donors (Lipinski definition) is 1. The van der Waals surface area contributed by atoms with Crippen molar-refractivity contribution < 1.29 is 5.11 Å². The molecule has 16 heavy (non-hydrogen) atoms. The zero-order chi connectivity index (χ0) is 12.0. The standard InChI is InChI=1S/C15H22O/c1-12(2)6-4-5-7-15(16)14-10-8-13(3)9-11-14/h5,7-12,15-16H,4,6H2,1-3H3/b7-5+. The van der Waals surface area contributed by atoms with Crippen molar-refractivity contribution in [1.82, 2.24) is 0 Å². The largest absolute Gasteiger partial charge is 0.384 e. The minimum absolute atomic E-state index is 0.465. The van der Waals surface area contributed by atoms with E-state index in [2.05, 4.69) is 26.8 Å². The van der Waals surface area contributed by atoms with Crippen LogP contribution >= 0.6 is 0 Å². The number of benzene rings is 1. The third-order valence-corrected chi connectivity index (χ3v) is 2.65. The number of aliphatic hydroxyl groups is 1. The summed E-state index contributed by atoms with van der Waals surface area (Å²) in [5, 5.41) is 9.89. The van der Waals surface area contributed by atoms with Crippen LogP contribution in [0.4, 0.5) is 0 Å². The van der Waals surface area contributed by atoms with Gasteiger partial charge in [0.15, 0.2) is 0 Å². The topological polar surface area (TPSA) is 20.2 Å². The Kier molecular flexibility index (Phi) is 5.27. The molecule has 1 rings (SSSR count). The van der Waals surface area contributed by atoms with E-state index in [4.69, 9.17) is 0 Å². The summed E-state index contributed by atoms with van der Waals surface area (Å²) >= 11 is 0. The molecule has 0 bridgehead atoms. The average molecular weight is 218 g/mol. The number of allylic oxidation sites excluding steroid dienone is 1. The van der Waals surface area contributed by atoms with Gasteiger partial charge in [0.25, 0.3) is 0 Å². The third kappa shape index (κ3) is 4.63. The fraction of sp³-hybridized carbons (Fsp3) is 0.467. The molecule has 0 aromatic heterocycles. The number of rotatable bonds is 5. The normalized spacial score (nSPS) is 13.6. The van der Waals surface area contributed by atoms with E-state index in [0.717, 1.165) is 17.9 Å². The summed E-state index contributed by atoms with van der Waals surface area (Å²) < 4.78 is 0. The quantitative estimate of drug-likeness (QED) is 0.740. The van der Waals surface area contributed by atoms with Gasteiger partial charge in [0, 0.05) is 0 Å². The van der Waals surface area contributed by atoms with Crippen LogP contribution < -0.4 is 0 Å². The molecule has 0 radical (unpaired) electrons. The van der Waals surface area contributed by atoms with Gasteiger partial charge in [-0.2, -0.15) is 0 Å². The zero-order valence-corrected chi connectivity index (χ0v) is 10.5. The summed E-state index contributed by atoms with van der Waals surface area (Å²) in [4.78, 5) is 0. The lowest BCUT2D eigenvalue weighted by atomic mass is 10.0. The van der Waals surface area contributed by atoms with Crippen molar-refractivity contribution >= 4 is 0 Å². The Morgan fingerprint density at radius 3 is 2.38 bits per heavy atom. The lowest BCUT2D eigenvalue weighted by molar-refractivity contribution is 0.228. The Morgan fingerprint density at radius 1 is 1.19 bits per heavy atom. The molecule has 0 aliphatic heterocycles. The van der Waals surface area contributed by atoms with E-state index in [-0.39, 0.29) is 0 Å². The fourth-order valence-electron chi connectivity index (χ4n) is 1.53. The van der Waals surface area contributed by atoms with E-state index in [1.165, 1.54) is 12.0 Å². The Hall–Kier alpha value is -1.08. The van der Waals surface area contributed by atoms with Gasteiger partial charge in [-0.1, -0.05) is 55.8 Å². The van der Waals surface area contributed by atoms with E-state index in [0.29, 0.717) is 0 Å². The first-order valence-corrected chi connectivity index (χ1v) is 6.01. The summed E-state index contributed by atoms with van der Waals surface area (Å²) in [6.07, 6.45) is 5.71. The van der Waals surface area contributed by atoms with Gasteiger partial charge in [-0.25, -0.2) is 0 Å². The van der Waals surface area contributed by atoms with Crippen LogP contribution in [-0.2, 0) is 0 Å². The molecule has 0 fully saturated rings. The predicted octanol–water partition coefficient (Wildman–Crippen LogP) is 4.02. The Balaban J connectivity index is 2.45. The molecule has 1 atom stereocenters. The first kappa shape index (κ1) is 13.0. The lowest BCUT2D eigenvalue weighted by Gasteiger charge is -2.06. The van der Waals surface area contributed by atoms with Gasteiger partial charge in [-0.05, 0) is 31.2 Å². The minimum atomic E-state index is -0.465. The van der Waals surface area contributed by atoms with Gasteiger partial charge < -0.3 is 5.11 Å². The monoisotopic (exact) mass is 218 g/mol. The molecule has 0 heterocycles. The van der Waals surface area contributed by atoms with Gasteiger partial charge in [-0.15, -0.1) is 0 Å². The maximum Gasteiger partial charge on any atom is 0.0971 e. The molecule has 88 valence electrons. The van der Waals surface area contributed by atoms with Gasteiger partial charge in [0.1, 0.15) is 0 Å². The molecule has 1 nitrogen and oxygen atoms in total. The second-order valence-electron chi connectivity index (χ2n) is 4.75. The van der Waals surface area contributed by atoms with Crippen LogP contribution in [0.15, 0.2) is 36.4 Å². The van der Waals surface area contributed by atoms with Crippen LogP contribution in [0.1, 0.15) is 43.9 Å². The van der Waals surface area contributed by atoms with E-state index >= 15 is 0 Å². The van der Waals surface area contributed by atoms with E-state index in [9.17, 15) is 5.11 Å². The molecular formula is C15H22O. The molecule has 1 aromatic rings. The maximum absolute atomic E-state index is 9.89. The van der Waals surface area contributed by atoms with Gasteiger partial charge >= 0.3 is 0 Å². The van der Waals surface area contributed by atoms with Crippen LogP contribution in [0.25, 0.3) is 0 Å².